The molecule has 15 heavy (non-hydrogen) atoms. The molecule has 2 saturated heterocycles. The summed E-state index contributed by atoms with van der Waals surface area (Å²) < 4.78 is 22.4. The van der Waals surface area contributed by atoms with E-state index < -0.39 is 9.84 Å². The van der Waals surface area contributed by atoms with Gasteiger partial charge in [-0.15, -0.1) is 0 Å². The predicted octanol–water partition coefficient (Wildman–Crippen LogP) is 0.645. The summed E-state index contributed by atoms with van der Waals surface area (Å²) in [4.78, 5) is 4.56. The summed E-state index contributed by atoms with van der Waals surface area (Å²) in [6.07, 6.45) is 1.37. The van der Waals surface area contributed by atoms with E-state index >= 15 is 0 Å². The standard InChI is InChI=1S/C9H16N2O2S2/c1-7-6-14-9(10-7)11-8-2-4-15(12,13)5-3-8/h7-8H,2-6H2,1H3,(H,10,11). The summed E-state index contributed by atoms with van der Waals surface area (Å²) in [5.41, 5.74) is 0. The van der Waals surface area contributed by atoms with E-state index in [0.29, 0.717) is 30.4 Å². The van der Waals surface area contributed by atoms with Crippen molar-refractivity contribution < 1.29 is 8.42 Å². The van der Waals surface area contributed by atoms with Gasteiger partial charge in [-0.1, -0.05) is 11.8 Å². The Kier molecular flexibility index (Phi) is 3.25. The van der Waals surface area contributed by atoms with Crippen molar-refractivity contribution in [3.05, 3.63) is 0 Å². The van der Waals surface area contributed by atoms with E-state index in [0.717, 1.165) is 10.9 Å². The maximum absolute atomic E-state index is 11.2. The zero-order valence-electron chi connectivity index (χ0n) is 8.77. The van der Waals surface area contributed by atoms with Crippen molar-refractivity contribution in [2.24, 2.45) is 4.99 Å². The Hall–Kier alpha value is -0.230. The monoisotopic (exact) mass is 248 g/mol. The molecular weight excluding hydrogens is 232 g/mol. The van der Waals surface area contributed by atoms with Gasteiger partial charge in [0.1, 0.15) is 9.84 Å². The highest BCUT2D eigenvalue weighted by Gasteiger charge is 2.24. The fraction of sp³-hybridized carbons (Fsp3) is 0.889. The molecule has 4 nitrogen and oxygen atoms in total. The third kappa shape index (κ3) is 3.11. The molecule has 1 unspecified atom stereocenters. The van der Waals surface area contributed by atoms with Crippen LogP contribution >= 0.6 is 11.8 Å². The van der Waals surface area contributed by atoms with E-state index in [4.69, 9.17) is 0 Å². The zero-order chi connectivity index (χ0) is 10.9. The van der Waals surface area contributed by atoms with Gasteiger partial charge in [0, 0.05) is 11.8 Å². The topological polar surface area (TPSA) is 58.5 Å². The molecule has 2 aliphatic heterocycles. The Labute approximate surface area is 94.8 Å². The van der Waals surface area contributed by atoms with E-state index in [-0.39, 0.29) is 6.04 Å². The number of aliphatic imine (C=N–C) groups is 1. The minimum absolute atomic E-state index is 0.203. The van der Waals surface area contributed by atoms with Crippen LogP contribution in [-0.4, -0.2) is 42.9 Å². The summed E-state index contributed by atoms with van der Waals surface area (Å²) in [5, 5.41) is 4.28. The summed E-state index contributed by atoms with van der Waals surface area (Å²) >= 11 is 1.73. The molecule has 0 aromatic carbocycles. The summed E-state index contributed by atoms with van der Waals surface area (Å²) in [6, 6.07) is 0.690. The largest absolute Gasteiger partial charge is 0.362 e. The van der Waals surface area contributed by atoms with Crippen LogP contribution in [0.1, 0.15) is 19.8 Å². The maximum atomic E-state index is 11.2. The molecule has 0 spiro atoms. The second-order valence-electron chi connectivity index (χ2n) is 4.17. The lowest BCUT2D eigenvalue weighted by molar-refractivity contribution is 0.547. The number of hydrogen-bond acceptors (Lipinski definition) is 4. The SMILES string of the molecule is CC1CSC(=NC2CCS(=O)(=O)CC2)N1. The van der Waals surface area contributed by atoms with Crippen LogP contribution in [0.3, 0.4) is 0 Å². The van der Waals surface area contributed by atoms with E-state index in [1.54, 1.807) is 11.8 Å². The quantitative estimate of drug-likeness (QED) is 0.740. The first-order valence-corrected chi connectivity index (χ1v) is 8.03. The molecule has 0 aromatic rings. The molecule has 1 atom stereocenters. The van der Waals surface area contributed by atoms with Gasteiger partial charge in [0.2, 0.25) is 0 Å². The van der Waals surface area contributed by atoms with Crippen molar-refractivity contribution in [2.45, 2.75) is 31.8 Å². The molecule has 0 saturated carbocycles. The normalized spacial score (nSPS) is 34.2. The number of thioether (sulfide) groups is 1. The molecular formula is C9H16N2O2S2. The molecule has 0 bridgehead atoms. The number of sulfone groups is 1. The van der Waals surface area contributed by atoms with Crippen LogP contribution in [0.5, 0.6) is 0 Å². The van der Waals surface area contributed by atoms with Gasteiger partial charge >= 0.3 is 0 Å². The number of nitrogens with zero attached hydrogens (tertiary/aromatic N) is 1. The number of amidine groups is 1. The predicted molar refractivity (Wildman–Crippen MR) is 64.2 cm³/mol. The first kappa shape index (κ1) is 11.3. The lowest BCUT2D eigenvalue weighted by Gasteiger charge is -2.18. The molecule has 0 amide bonds. The molecule has 2 fully saturated rings. The van der Waals surface area contributed by atoms with E-state index in [1.165, 1.54) is 0 Å². The summed E-state index contributed by atoms with van der Waals surface area (Å²) in [5.74, 6) is 1.66. The van der Waals surface area contributed by atoms with Gasteiger partial charge in [-0.25, -0.2) is 8.42 Å². The fourth-order valence-electron chi connectivity index (χ4n) is 1.75. The second-order valence-corrected chi connectivity index (χ2v) is 7.49. The zero-order valence-corrected chi connectivity index (χ0v) is 10.4. The number of hydrogen-bond donors (Lipinski definition) is 1. The van der Waals surface area contributed by atoms with Crippen LogP contribution < -0.4 is 5.32 Å². The minimum Gasteiger partial charge on any atom is -0.362 e. The Morgan fingerprint density at radius 2 is 2.07 bits per heavy atom. The highest BCUT2D eigenvalue weighted by molar-refractivity contribution is 8.14. The van der Waals surface area contributed by atoms with E-state index in [2.05, 4.69) is 17.2 Å². The third-order valence-electron chi connectivity index (χ3n) is 2.66. The minimum atomic E-state index is -2.76. The molecule has 0 aromatic heterocycles. The van der Waals surface area contributed by atoms with Crippen molar-refractivity contribution in [3.63, 3.8) is 0 Å². The smallest absolute Gasteiger partial charge is 0.157 e. The van der Waals surface area contributed by atoms with Gasteiger partial charge < -0.3 is 5.32 Å². The first-order valence-electron chi connectivity index (χ1n) is 5.23. The Morgan fingerprint density at radius 1 is 1.40 bits per heavy atom. The second kappa shape index (κ2) is 4.33. The molecule has 0 radical (unpaired) electrons. The van der Waals surface area contributed by atoms with Crippen molar-refractivity contribution in [1.29, 1.82) is 0 Å². The third-order valence-corrected chi connectivity index (χ3v) is 5.54. The van der Waals surface area contributed by atoms with Crippen LogP contribution in [0.25, 0.3) is 0 Å². The average Bonchev–Trinajstić information content (AvgIpc) is 2.55. The van der Waals surface area contributed by atoms with Gasteiger partial charge in [0.05, 0.1) is 17.5 Å². The van der Waals surface area contributed by atoms with Crippen molar-refractivity contribution in [2.75, 3.05) is 17.3 Å². The van der Waals surface area contributed by atoms with Crippen molar-refractivity contribution >= 4 is 26.8 Å². The molecule has 1 N–H and O–H groups in total. The van der Waals surface area contributed by atoms with Gasteiger partial charge in [-0.2, -0.15) is 0 Å². The van der Waals surface area contributed by atoms with Crippen molar-refractivity contribution in [1.82, 2.24) is 5.32 Å². The Balaban J connectivity index is 1.92. The van der Waals surface area contributed by atoms with E-state index in [1.807, 2.05) is 0 Å². The van der Waals surface area contributed by atoms with Crippen LogP contribution in [0.2, 0.25) is 0 Å². The highest BCUT2D eigenvalue weighted by Crippen LogP contribution is 2.19. The van der Waals surface area contributed by atoms with Crippen LogP contribution in [-0.2, 0) is 9.84 Å². The molecule has 2 aliphatic rings. The Bertz CT molecular complexity index is 350. The lowest BCUT2D eigenvalue weighted by atomic mass is 10.2. The van der Waals surface area contributed by atoms with Crippen LogP contribution in [0, 0.1) is 0 Å². The van der Waals surface area contributed by atoms with Gasteiger partial charge in [0.15, 0.2) is 5.17 Å². The highest BCUT2D eigenvalue weighted by atomic mass is 32.2. The van der Waals surface area contributed by atoms with Crippen molar-refractivity contribution in [3.8, 4) is 0 Å². The number of rotatable bonds is 1. The molecule has 2 heterocycles. The molecule has 0 aliphatic carbocycles. The van der Waals surface area contributed by atoms with Gasteiger partial charge in [-0.05, 0) is 19.8 Å². The number of nitrogens with one attached hydrogen (secondary N) is 1. The lowest BCUT2D eigenvalue weighted by Crippen LogP contribution is -2.29. The maximum Gasteiger partial charge on any atom is 0.157 e. The Morgan fingerprint density at radius 3 is 2.60 bits per heavy atom. The van der Waals surface area contributed by atoms with Gasteiger partial charge in [0.25, 0.3) is 0 Å². The van der Waals surface area contributed by atoms with E-state index in [9.17, 15) is 8.42 Å². The van der Waals surface area contributed by atoms with Crippen LogP contribution in [0.4, 0.5) is 0 Å². The molecule has 2 rings (SSSR count). The van der Waals surface area contributed by atoms with Crippen LogP contribution in [0.15, 0.2) is 4.99 Å². The summed E-state index contributed by atoms with van der Waals surface area (Å²) in [6.45, 7) is 2.13. The first-order chi connectivity index (χ1) is 7.05. The molecule has 86 valence electrons. The fourth-order valence-corrected chi connectivity index (χ4v) is 4.21. The summed E-state index contributed by atoms with van der Waals surface area (Å²) in [7, 11) is -2.76. The molecule has 6 heteroatoms. The van der Waals surface area contributed by atoms with Gasteiger partial charge in [-0.3, -0.25) is 4.99 Å². The average molecular weight is 248 g/mol.